The van der Waals surface area contributed by atoms with Crippen molar-refractivity contribution in [1.82, 2.24) is 8.75 Å². The van der Waals surface area contributed by atoms with Crippen molar-refractivity contribution in [2.24, 2.45) is 8.73 Å². The number of nitrogens with zero attached hydrogens (tertiary/aromatic N) is 12. The molecule has 738 valence electrons. The smallest absolute Gasteiger partial charge is 0.194 e. The summed E-state index contributed by atoms with van der Waals surface area (Å²) < 4.78 is 22.1. The average molecular weight is 2030 g/mol. The summed E-state index contributed by atoms with van der Waals surface area (Å²) in [6.07, 6.45) is 46.2. The Kier molecular flexibility index (Phi) is 34.6. The fourth-order valence-electron chi connectivity index (χ4n) is 23.0. The molecule has 17 rings (SSSR count). The minimum Gasteiger partial charge on any atom is -0.289 e. The number of benzene rings is 7. The summed E-state index contributed by atoms with van der Waals surface area (Å²) in [4.78, 5) is 38.6. The first kappa shape index (κ1) is 105. The molecule has 5 aliphatic rings. The van der Waals surface area contributed by atoms with Gasteiger partial charge in [-0.15, -0.1) is 45.3 Å². The zero-order valence-corrected chi connectivity index (χ0v) is 90.5. The van der Waals surface area contributed by atoms with E-state index in [-0.39, 0.29) is 77.9 Å². The quantitative estimate of drug-likeness (QED) is 0.0196. The highest BCUT2D eigenvalue weighted by molar-refractivity contribution is 7.58. The Morgan fingerprint density at radius 2 is 0.541 bits per heavy atom. The average Bonchev–Trinajstić information content (AvgIpc) is 1.52. The summed E-state index contributed by atoms with van der Waals surface area (Å²) in [5.74, 6) is -0.883. The molecule has 14 nitrogen and oxygen atoms in total. The molecule has 0 unspecified atom stereocenters. The SMILES string of the molecule is CCCCCCc1cc(CCCCCC)cc(C2(c3cc(CCCCCC)cc(CCCCCC)c3)c3cc(/C=C4\C(=O)c5cc(C#N)c(C#N)cc5C4=C(C#N)C#N)sc3-c3sc(-c4c5c(c(-c6cc7c(s6)-c6sc(/C=C8\C(=O)c9cc(C#N)c(C#N)cc9C8=C(C#N)C#N)cc6C7(c6cc(CCCCCC)cc(CCCCCC)c6)c6cc(CCCCCC)cc(CCCCCC)c6)c6nsnc46)N=S=N5)cc32)c1. The number of rotatable bonds is 48. The fraction of sp³-hybridized carbons (Fsp3) is 0.397. The summed E-state index contributed by atoms with van der Waals surface area (Å²) in [7, 11) is 0. The Bertz CT molecular complexity index is 6930. The Hall–Kier alpha value is -12.8. The molecule has 7 aromatic carbocycles. The van der Waals surface area contributed by atoms with Crippen molar-refractivity contribution in [2.75, 3.05) is 0 Å². The van der Waals surface area contributed by atoms with Gasteiger partial charge < -0.3 is 0 Å². The first-order chi connectivity index (χ1) is 71.5. The summed E-state index contributed by atoms with van der Waals surface area (Å²) in [6.45, 7) is 18.2. The molecular formula is C126H126N12O2S6. The van der Waals surface area contributed by atoms with E-state index in [4.69, 9.17) is 17.5 Å². The summed E-state index contributed by atoms with van der Waals surface area (Å²) in [5, 5.41) is 85.5. The van der Waals surface area contributed by atoms with Gasteiger partial charge in [0.25, 0.3) is 0 Å². The normalized spacial score (nSPS) is 14.0. The third kappa shape index (κ3) is 20.8. The molecule has 0 atom stereocenters. The van der Waals surface area contributed by atoms with Crippen molar-refractivity contribution in [3.05, 3.63) is 287 Å². The highest BCUT2D eigenvalue weighted by atomic mass is 32.1. The van der Waals surface area contributed by atoms with Crippen molar-refractivity contribution in [3.63, 3.8) is 0 Å². The van der Waals surface area contributed by atoms with Crippen molar-refractivity contribution in [1.29, 1.82) is 42.1 Å². The van der Waals surface area contributed by atoms with Gasteiger partial charge in [-0.05, 0) is 264 Å². The Morgan fingerprint density at radius 3 is 0.788 bits per heavy atom. The van der Waals surface area contributed by atoms with Crippen LogP contribution in [0.2, 0.25) is 0 Å². The maximum absolute atomic E-state index is 15.5. The molecule has 0 N–H and O–H groups in total. The molecule has 6 heterocycles. The topological polar surface area (TPSA) is 275 Å². The zero-order chi connectivity index (χ0) is 102. The second-order valence-corrected chi connectivity index (χ2v) is 45.7. The van der Waals surface area contributed by atoms with Crippen LogP contribution in [0.4, 0.5) is 11.4 Å². The molecule has 0 spiro atoms. The van der Waals surface area contributed by atoms with Crippen LogP contribution >= 0.6 is 57.1 Å². The molecule has 0 saturated heterocycles. The molecule has 12 aromatic rings. The maximum Gasteiger partial charge on any atom is 0.194 e. The molecule has 1 aliphatic heterocycles. The lowest BCUT2D eigenvalue weighted by Gasteiger charge is -2.34. The van der Waals surface area contributed by atoms with Crippen LogP contribution in [0.1, 0.15) is 414 Å². The molecule has 0 radical (unpaired) electrons. The number of nitriles is 8. The number of carbonyl (C=O) groups excluding carboxylic acids is 2. The highest BCUT2D eigenvalue weighted by Crippen LogP contribution is 2.68. The number of unbranched alkanes of at least 4 members (excludes halogenated alkanes) is 24. The number of aromatic nitrogens is 2. The predicted molar refractivity (Wildman–Crippen MR) is 601 cm³/mol. The van der Waals surface area contributed by atoms with E-state index in [0.29, 0.717) is 22.4 Å². The Morgan fingerprint density at radius 1 is 0.295 bits per heavy atom. The van der Waals surface area contributed by atoms with Crippen LogP contribution < -0.4 is 0 Å². The minimum absolute atomic E-state index is 0.0306. The lowest BCUT2D eigenvalue weighted by Crippen LogP contribution is -2.29. The van der Waals surface area contributed by atoms with Crippen LogP contribution in [0.5, 0.6) is 0 Å². The van der Waals surface area contributed by atoms with E-state index >= 15 is 9.59 Å². The minimum atomic E-state index is -0.997. The molecular weight excluding hydrogens is 1910 g/mol. The molecule has 0 fully saturated rings. The number of allylic oxidation sites excluding steroid dienone is 6. The lowest BCUT2D eigenvalue weighted by atomic mass is 9.66. The second-order valence-electron chi connectivity index (χ2n) is 40.4. The number of ketones is 2. The Labute approximate surface area is 886 Å². The summed E-state index contributed by atoms with van der Waals surface area (Å²) in [5.41, 5.74) is 23.0. The van der Waals surface area contributed by atoms with Gasteiger partial charge in [-0.2, -0.15) is 59.6 Å². The van der Waals surface area contributed by atoms with Crippen LogP contribution in [-0.4, -0.2) is 20.3 Å². The van der Waals surface area contributed by atoms with E-state index in [1.54, 1.807) is 45.3 Å². The molecule has 0 bridgehead atoms. The van der Waals surface area contributed by atoms with E-state index in [0.717, 1.165) is 329 Å². The van der Waals surface area contributed by atoms with E-state index in [2.05, 4.69) is 201 Å². The van der Waals surface area contributed by atoms with Crippen molar-refractivity contribution >= 4 is 126 Å². The van der Waals surface area contributed by atoms with E-state index in [1.807, 2.05) is 12.2 Å². The fourth-order valence-corrected chi connectivity index (χ4v) is 29.3. The number of carbonyl (C=O) groups is 2. The van der Waals surface area contributed by atoms with Crippen LogP contribution in [0, 0.1) is 90.6 Å². The number of hydrogen-bond acceptors (Lipinski definition) is 19. The monoisotopic (exact) mass is 2030 g/mol. The molecule has 0 amide bonds. The number of thiophene rings is 4. The van der Waals surface area contributed by atoms with Crippen molar-refractivity contribution in [2.45, 2.75) is 323 Å². The predicted octanol–water partition coefficient (Wildman–Crippen LogP) is 35.4. The molecule has 146 heavy (non-hydrogen) atoms. The Balaban J connectivity index is 0.945. The van der Waals surface area contributed by atoms with Gasteiger partial charge in [0, 0.05) is 64.1 Å². The zero-order valence-electron chi connectivity index (χ0n) is 85.6. The maximum atomic E-state index is 15.5. The number of Topliss-reactive ketones (excluding diaryl/α,β-unsaturated/α-hetero) is 2. The lowest BCUT2D eigenvalue weighted by molar-refractivity contribution is 0.103. The van der Waals surface area contributed by atoms with Crippen LogP contribution in [0.3, 0.4) is 0 Å². The third-order valence-corrected chi connectivity index (χ3v) is 36.1. The van der Waals surface area contributed by atoms with Gasteiger partial charge in [0.05, 0.1) is 75.7 Å². The van der Waals surface area contributed by atoms with Crippen molar-refractivity contribution < 1.29 is 9.59 Å². The largest absolute Gasteiger partial charge is 0.289 e. The van der Waals surface area contributed by atoms with E-state index in [1.165, 1.54) is 114 Å². The first-order valence-corrected chi connectivity index (χ1v) is 58.4. The van der Waals surface area contributed by atoms with Gasteiger partial charge in [-0.3, -0.25) is 9.59 Å². The van der Waals surface area contributed by atoms with Crippen LogP contribution in [0.15, 0.2) is 152 Å². The standard InChI is InChI=1S/C126H126N12O2S6/c1-9-17-25-33-41-79-49-80(42-34-26-18-10-2)54-93(53-79)125(94-55-81(43-35-27-19-11-3)50-82(56-94)44-36-28-20-12-4)105-67-97(65-103-111(91(75-131)76-132)99-61-87(71-127)89(73-129)63-101(99)119(103)139)141-121(105)123-107(125)69-109(143-123)113-115-117(137-145-135-115)114(118-116(113)136-146-138-118)110-70-108-124(144-110)122-106(68-98(142-122)66-104-112(92(77-133)78-134)100-62-88(72-128)90(74-130)64-102(100)120(104)140)126(108,95-57-83(45-37-29-21-13-5)51-84(58-95)46-38-30-22-14-6)96-59-85(47-39-31-23-15-7)52-86(60-96)48-40-32-24-16-8/h49-70H,9-48H2,1-8H3/b103-65-,104-66-. The number of fused-ring (bicyclic) bond motifs is 10. The van der Waals surface area contributed by atoms with Crippen molar-refractivity contribution in [3.8, 4) is 88.9 Å². The second kappa shape index (κ2) is 48.2. The number of aryl methyl sites for hydroxylation is 8. The van der Waals surface area contributed by atoms with Gasteiger partial charge >= 0.3 is 0 Å². The van der Waals surface area contributed by atoms with Crippen LogP contribution in [-0.2, 0) is 73.6 Å². The summed E-state index contributed by atoms with van der Waals surface area (Å²) >= 11 is 9.01. The molecule has 0 saturated carbocycles. The highest BCUT2D eigenvalue weighted by Gasteiger charge is 2.53. The number of hydrogen-bond donors (Lipinski definition) is 0. The third-order valence-electron chi connectivity index (χ3n) is 30.3. The molecule has 5 aromatic heterocycles. The van der Waals surface area contributed by atoms with Gasteiger partial charge in [0.1, 0.15) is 82.1 Å². The van der Waals surface area contributed by atoms with E-state index < -0.39 is 22.4 Å². The van der Waals surface area contributed by atoms with Gasteiger partial charge in [-0.1, -0.05) is 282 Å². The first-order valence-electron chi connectivity index (χ1n) is 53.6. The summed E-state index contributed by atoms with van der Waals surface area (Å²) in [6, 6.07) is 62.5. The molecule has 4 aliphatic carbocycles. The van der Waals surface area contributed by atoms with Gasteiger partial charge in [0.2, 0.25) is 0 Å². The molecule has 20 heteroatoms. The van der Waals surface area contributed by atoms with E-state index in [9.17, 15) is 42.1 Å². The van der Waals surface area contributed by atoms with Gasteiger partial charge in [0.15, 0.2) is 11.6 Å². The van der Waals surface area contributed by atoms with Crippen LogP contribution in [0.25, 0.3) is 74.7 Å². The van der Waals surface area contributed by atoms with Gasteiger partial charge in [-0.25, -0.2) is 0 Å².